The van der Waals surface area contributed by atoms with Crippen LogP contribution in [0.4, 0.5) is 0 Å². The van der Waals surface area contributed by atoms with Crippen LogP contribution in [0.5, 0.6) is 5.75 Å². The van der Waals surface area contributed by atoms with Crippen LogP contribution in [0, 0.1) is 0 Å². The number of benzene rings is 2. The van der Waals surface area contributed by atoms with Crippen molar-refractivity contribution in [3.8, 4) is 5.75 Å². The SMILES string of the molecule is COc1ccccc1Pc1ccccc1C=O. The van der Waals surface area contributed by atoms with Gasteiger partial charge >= 0.3 is 0 Å². The van der Waals surface area contributed by atoms with E-state index in [0.717, 1.165) is 28.2 Å². The summed E-state index contributed by atoms with van der Waals surface area (Å²) >= 11 is 0. The van der Waals surface area contributed by atoms with Gasteiger partial charge in [0.05, 0.1) is 7.11 Å². The first-order valence-corrected chi connectivity index (χ1v) is 6.29. The molecule has 0 saturated carbocycles. The molecule has 17 heavy (non-hydrogen) atoms. The fourth-order valence-corrected chi connectivity index (χ4v) is 2.85. The Morgan fingerprint density at radius 1 is 1.00 bits per heavy atom. The predicted molar refractivity (Wildman–Crippen MR) is 72.4 cm³/mol. The fourth-order valence-electron chi connectivity index (χ4n) is 1.61. The average Bonchev–Trinajstić information content (AvgIpc) is 2.40. The van der Waals surface area contributed by atoms with Gasteiger partial charge in [0.15, 0.2) is 6.29 Å². The molecule has 0 fully saturated rings. The number of ether oxygens (including phenoxy) is 1. The van der Waals surface area contributed by atoms with Crippen LogP contribution in [-0.4, -0.2) is 13.4 Å². The molecule has 0 radical (unpaired) electrons. The largest absolute Gasteiger partial charge is 0.496 e. The smallest absolute Gasteiger partial charge is 0.150 e. The molecule has 0 aliphatic carbocycles. The molecular formula is C14H13O2P. The molecule has 0 aliphatic rings. The molecule has 2 nitrogen and oxygen atoms in total. The highest BCUT2D eigenvalue weighted by Crippen LogP contribution is 2.19. The molecule has 3 heteroatoms. The summed E-state index contributed by atoms with van der Waals surface area (Å²) in [6, 6.07) is 15.5. The zero-order chi connectivity index (χ0) is 12.1. The molecular weight excluding hydrogens is 231 g/mol. The van der Waals surface area contributed by atoms with Crippen molar-refractivity contribution >= 4 is 25.5 Å². The van der Waals surface area contributed by atoms with Crippen molar-refractivity contribution in [1.82, 2.24) is 0 Å². The summed E-state index contributed by atoms with van der Waals surface area (Å²) in [6.45, 7) is 0. The first kappa shape index (κ1) is 11.8. The predicted octanol–water partition coefficient (Wildman–Crippen LogP) is 2.14. The Morgan fingerprint density at radius 3 is 2.35 bits per heavy atom. The van der Waals surface area contributed by atoms with E-state index >= 15 is 0 Å². The highest BCUT2D eigenvalue weighted by molar-refractivity contribution is 7.56. The molecule has 2 aromatic carbocycles. The third-order valence-electron chi connectivity index (χ3n) is 2.46. The van der Waals surface area contributed by atoms with Crippen LogP contribution >= 0.6 is 8.58 Å². The Bertz CT molecular complexity index is 523. The van der Waals surface area contributed by atoms with E-state index in [1.807, 2.05) is 48.5 Å². The van der Waals surface area contributed by atoms with Gasteiger partial charge in [0.25, 0.3) is 0 Å². The van der Waals surface area contributed by atoms with Crippen molar-refractivity contribution < 1.29 is 9.53 Å². The highest BCUT2D eigenvalue weighted by Gasteiger charge is 2.05. The van der Waals surface area contributed by atoms with E-state index in [1.165, 1.54) is 0 Å². The average molecular weight is 244 g/mol. The molecule has 0 spiro atoms. The zero-order valence-electron chi connectivity index (χ0n) is 9.51. The monoisotopic (exact) mass is 244 g/mol. The number of rotatable bonds is 4. The van der Waals surface area contributed by atoms with Crippen LogP contribution in [0.2, 0.25) is 0 Å². The van der Waals surface area contributed by atoms with E-state index in [-0.39, 0.29) is 0 Å². The van der Waals surface area contributed by atoms with Crippen LogP contribution in [0.25, 0.3) is 0 Å². The molecule has 0 bridgehead atoms. The van der Waals surface area contributed by atoms with Crippen molar-refractivity contribution in [2.75, 3.05) is 7.11 Å². The number of carbonyl (C=O) groups is 1. The maximum absolute atomic E-state index is 10.9. The van der Waals surface area contributed by atoms with Gasteiger partial charge in [-0.1, -0.05) is 51.0 Å². The fraction of sp³-hybridized carbons (Fsp3) is 0.0714. The number of hydrogen-bond acceptors (Lipinski definition) is 2. The molecule has 2 rings (SSSR count). The lowest BCUT2D eigenvalue weighted by atomic mass is 10.2. The van der Waals surface area contributed by atoms with Gasteiger partial charge < -0.3 is 4.74 Å². The van der Waals surface area contributed by atoms with Gasteiger partial charge in [-0.2, -0.15) is 0 Å². The second-order valence-corrected chi connectivity index (χ2v) is 4.86. The molecule has 2 aromatic rings. The quantitative estimate of drug-likeness (QED) is 0.608. The lowest BCUT2D eigenvalue weighted by Gasteiger charge is -2.09. The van der Waals surface area contributed by atoms with Gasteiger partial charge in [0, 0.05) is 10.9 Å². The summed E-state index contributed by atoms with van der Waals surface area (Å²) in [6.07, 6.45) is 0.901. The number of methoxy groups -OCH3 is 1. The Balaban J connectivity index is 2.34. The van der Waals surface area contributed by atoms with Gasteiger partial charge in [-0.05, 0) is 11.4 Å². The Morgan fingerprint density at radius 2 is 1.65 bits per heavy atom. The van der Waals surface area contributed by atoms with Gasteiger partial charge in [-0.15, -0.1) is 0 Å². The van der Waals surface area contributed by atoms with E-state index < -0.39 is 0 Å². The Hall–Kier alpha value is -1.66. The van der Waals surface area contributed by atoms with Gasteiger partial charge in [0.1, 0.15) is 5.75 Å². The minimum absolute atomic E-state index is 0.432. The highest BCUT2D eigenvalue weighted by atomic mass is 31.1. The molecule has 0 aromatic heterocycles. The number of hydrogen-bond donors (Lipinski definition) is 0. The molecule has 1 unspecified atom stereocenters. The van der Waals surface area contributed by atoms with Crippen LogP contribution < -0.4 is 15.3 Å². The lowest BCUT2D eigenvalue weighted by molar-refractivity contribution is 0.112. The summed E-state index contributed by atoms with van der Waals surface area (Å²) in [5, 5.41) is 2.16. The topological polar surface area (TPSA) is 26.3 Å². The second kappa shape index (κ2) is 5.60. The van der Waals surface area contributed by atoms with E-state index in [9.17, 15) is 4.79 Å². The van der Waals surface area contributed by atoms with Gasteiger partial charge in [0.2, 0.25) is 0 Å². The van der Waals surface area contributed by atoms with Crippen LogP contribution in [-0.2, 0) is 0 Å². The minimum atomic E-state index is 0.432. The molecule has 1 atom stereocenters. The van der Waals surface area contributed by atoms with Gasteiger partial charge in [-0.25, -0.2) is 0 Å². The Labute approximate surface area is 102 Å². The van der Waals surface area contributed by atoms with Crippen molar-refractivity contribution in [2.45, 2.75) is 0 Å². The third-order valence-corrected chi connectivity index (χ3v) is 3.87. The van der Waals surface area contributed by atoms with Crippen molar-refractivity contribution in [3.05, 3.63) is 54.1 Å². The van der Waals surface area contributed by atoms with E-state index in [1.54, 1.807) is 7.11 Å². The van der Waals surface area contributed by atoms with Crippen LogP contribution in [0.15, 0.2) is 48.5 Å². The summed E-state index contributed by atoms with van der Waals surface area (Å²) in [7, 11) is 2.09. The maximum atomic E-state index is 10.9. The first-order valence-electron chi connectivity index (χ1n) is 5.29. The molecule has 0 heterocycles. The molecule has 0 N–H and O–H groups in total. The van der Waals surface area contributed by atoms with Crippen molar-refractivity contribution in [1.29, 1.82) is 0 Å². The third kappa shape index (κ3) is 2.72. The van der Waals surface area contributed by atoms with E-state index in [2.05, 4.69) is 0 Å². The molecule has 0 aliphatic heterocycles. The summed E-state index contributed by atoms with van der Waals surface area (Å²) in [5.74, 6) is 0.867. The van der Waals surface area contributed by atoms with Crippen molar-refractivity contribution in [2.24, 2.45) is 0 Å². The summed E-state index contributed by atoms with van der Waals surface area (Å²) < 4.78 is 5.31. The number of carbonyl (C=O) groups excluding carboxylic acids is 1. The standard InChI is InChI=1S/C14H13O2P/c1-16-12-7-3-5-9-14(12)17-13-8-4-2-6-11(13)10-15/h2-10,17H,1H3. The first-order chi connectivity index (χ1) is 8.35. The maximum Gasteiger partial charge on any atom is 0.150 e. The van der Waals surface area contributed by atoms with Crippen LogP contribution in [0.1, 0.15) is 10.4 Å². The van der Waals surface area contributed by atoms with E-state index in [4.69, 9.17) is 4.74 Å². The minimum Gasteiger partial charge on any atom is -0.496 e. The second-order valence-electron chi connectivity index (χ2n) is 3.53. The molecule has 0 saturated heterocycles. The number of para-hydroxylation sites is 1. The summed E-state index contributed by atoms with van der Waals surface area (Å²) in [4.78, 5) is 10.9. The molecule has 86 valence electrons. The number of aldehydes is 1. The molecule has 0 amide bonds. The van der Waals surface area contributed by atoms with Crippen LogP contribution in [0.3, 0.4) is 0 Å². The Kier molecular flexibility index (Phi) is 3.89. The summed E-state index contributed by atoms with van der Waals surface area (Å²) in [5.41, 5.74) is 0.747. The zero-order valence-corrected chi connectivity index (χ0v) is 10.5. The lowest BCUT2D eigenvalue weighted by Crippen LogP contribution is -2.10. The van der Waals surface area contributed by atoms with Crippen molar-refractivity contribution in [3.63, 3.8) is 0 Å². The van der Waals surface area contributed by atoms with Gasteiger partial charge in [-0.3, -0.25) is 4.79 Å². The normalized spacial score (nSPS) is 10.6. The van der Waals surface area contributed by atoms with E-state index in [0.29, 0.717) is 8.58 Å².